The van der Waals surface area contributed by atoms with Gasteiger partial charge >= 0.3 is 0 Å². The number of carbonyl (C=O) groups excluding carboxylic acids is 1. The number of aryl methyl sites for hydroxylation is 4. The van der Waals surface area contributed by atoms with Crippen molar-refractivity contribution < 1.29 is 9.21 Å². The Morgan fingerprint density at radius 3 is 2.71 bits per heavy atom. The molecule has 1 aromatic heterocycles. The Kier molecular flexibility index (Phi) is 4.15. The number of benzene rings is 1. The largest absolute Gasteiger partial charge is 0.437 e. The van der Waals surface area contributed by atoms with Crippen molar-refractivity contribution in [1.82, 2.24) is 4.98 Å². The van der Waals surface area contributed by atoms with E-state index < -0.39 is 0 Å². The van der Waals surface area contributed by atoms with E-state index in [0.717, 1.165) is 29.9 Å². The zero-order valence-corrected chi connectivity index (χ0v) is 13.3. The van der Waals surface area contributed by atoms with Crippen molar-refractivity contribution in [1.29, 1.82) is 0 Å². The van der Waals surface area contributed by atoms with Crippen molar-refractivity contribution >= 4 is 17.5 Å². The lowest BCUT2D eigenvalue weighted by atomic mass is 9.90. The number of Topliss-reactive ketones (excluding diaryl/α,β-unsaturated/α-hetero) is 1. The highest BCUT2D eigenvalue weighted by Gasteiger charge is 2.14. The number of hydrogen-bond donors (Lipinski definition) is 0. The molecule has 1 aromatic carbocycles. The van der Waals surface area contributed by atoms with E-state index in [2.05, 4.69) is 17.1 Å². The molecule has 1 aliphatic carbocycles. The van der Waals surface area contributed by atoms with E-state index in [1.807, 2.05) is 19.9 Å². The highest BCUT2D eigenvalue weighted by Crippen LogP contribution is 2.24. The molecule has 3 rings (SSSR count). The van der Waals surface area contributed by atoms with Crippen molar-refractivity contribution in [3.63, 3.8) is 0 Å². The number of ketones is 1. The fraction of sp³-hybridized carbons (Fsp3) is 0.412. The molecule has 1 aliphatic rings. The van der Waals surface area contributed by atoms with Crippen molar-refractivity contribution in [3.8, 4) is 0 Å². The van der Waals surface area contributed by atoms with Gasteiger partial charge in [-0.3, -0.25) is 4.79 Å². The van der Waals surface area contributed by atoms with Crippen LogP contribution >= 0.6 is 11.8 Å². The maximum Gasteiger partial charge on any atom is 0.256 e. The van der Waals surface area contributed by atoms with Crippen molar-refractivity contribution in [2.24, 2.45) is 0 Å². The molecule has 3 nitrogen and oxygen atoms in total. The molecule has 0 aliphatic heterocycles. The van der Waals surface area contributed by atoms with Gasteiger partial charge in [-0.1, -0.05) is 23.9 Å². The van der Waals surface area contributed by atoms with Gasteiger partial charge in [0, 0.05) is 5.56 Å². The molecular formula is C17H19NO2S. The summed E-state index contributed by atoms with van der Waals surface area (Å²) < 4.78 is 5.49. The van der Waals surface area contributed by atoms with Crippen LogP contribution in [0.25, 0.3) is 0 Å². The summed E-state index contributed by atoms with van der Waals surface area (Å²) in [6.45, 7) is 3.80. The molecule has 4 heteroatoms. The summed E-state index contributed by atoms with van der Waals surface area (Å²) in [5.41, 5.74) is 4.45. The highest BCUT2D eigenvalue weighted by atomic mass is 32.2. The van der Waals surface area contributed by atoms with Gasteiger partial charge in [0.25, 0.3) is 5.22 Å². The summed E-state index contributed by atoms with van der Waals surface area (Å²) in [5, 5.41) is 0.580. The molecule has 0 amide bonds. The van der Waals surface area contributed by atoms with Gasteiger partial charge < -0.3 is 4.42 Å². The number of oxazole rings is 1. The molecule has 0 saturated heterocycles. The van der Waals surface area contributed by atoms with Crippen LogP contribution in [0.3, 0.4) is 0 Å². The Labute approximate surface area is 129 Å². The third-order valence-electron chi connectivity index (χ3n) is 4.01. The molecule has 110 valence electrons. The summed E-state index contributed by atoms with van der Waals surface area (Å²) in [7, 11) is 0. The van der Waals surface area contributed by atoms with E-state index in [1.54, 1.807) is 0 Å². The number of aromatic nitrogens is 1. The van der Waals surface area contributed by atoms with Gasteiger partial charge in [0.05, 0.1) is 11.4 Å². The predicted octanol–water partition coefficient (Wildman–Crippen LogP) is 4.15. The van der Waals surface area contributed by atoms with E-state index in [0.29, 0.717) is 11.0 Å². The molecule has 0 saturated carbocycles. The van der Waals surface area contributed by atoms with Crippen LogP contribution < -0.4 is 0 Å². The second-order valence-electron chi connectivity index (χ2n) is 5.52. The smallest absolute Gasteiger partial charge is 0.256 e. The van der Waals surface area contributed by atoms with Gasteiger partial charge in [-0.2, -0.15) is 0 Å². The molecule has 0 N–H and O–H groups in total. The lowest BCUT2D eigenvalue weighted by molar-refractivity contribution is 0.102. The number of hydrogen-bond acceptors (Lipinski definition) is 4. The highest BCUT2D eigenvalue weighted by molar-refractivity contribution is 7.99. The maximum atomic E-state index is 12.3. The lowest BCUT2D eigenvalue weighted by Gasteiger charge is -2.16. The van der Waals surface area contributed by atoms with Gasteiger partial charge in [-0.15, -0.1) is 0 Å². The number of rotatable bonds is 4. The van der Waals surface area contributed by atoms with Gasteiger partial charge in [-0.25, -0.2) is 4.98 Å². The Balaban J connectivity index is 1.67. The minimum atomic E-state index is 0.141. The minimum absolute atomic E-state index is 0.141. The lowest BCUT2D eigenvalue weighted by Crippen LogP contribution is -2.07. The third kappa shape index (κ3) is 3.21. The first-order valence-corrected chi connectivity index (χ1v) is 8.34. The number of fused-ring (bicyclic) bond motifs is 1. The molecule has 2 aromatic rings. The maximum absolute atomic E-state index is 12.3. The average molecular weight is 301 g/mol. The third-order valence-corrected chi connectivity index (χ3v) is 4.83. The summed E-state index contributed by atoms with van der Waals surface area (Å²) in [6, 6.07) is 6.15. The SMILES string of the molecule is Cc1nc(SCC(=O)c2ccc3c(c2)CCCC3)oc1C. The predicted molar refractivity (Wildman–Crippen MR) is 84.1 cm³/mol. The zero-order chi connectivity index (χ0) is 14.8. The first-order valence-electron chi connectivity index (χ1n) is 7.35. The Bertz CT molecular complexity index is 656. The van der Waals surface area contributed by atoms with Crippen LogP contribution in [0.2, 0.25) is 0 Å². The van der Waals surface area contributed by atoms with E-state index in [1.165, 1.54) is 35.7 Å². The fourth-order valence-electron chi connectivity index (χ4n) is 2.62. The van der Waals surface area contributed by atoms with E-state index in [-0.39, 0.29) is 5.78 Å². The molecule has 0 atom stereocenters. The quantitative estimate of drug-likeness (QED) is 0.628. The zero-order valence-electron chi connectivity index (χ0n) is 12.4. The number of carbonyl (C=O) groups is 1. The van der Waals surface area contributed by atoms with Gasteiger partial charge in [0.2, 0.25) is 0 Å². The Hall–Kier alpha value is -1.55. The number of nitrogens with zero attached hydrogens (tertiary/aromatic N) is 1. The van der Waals surface area contributed by atoms with Crippen molar-refractivity contribution in [2.75, 3.05) is 5.75 Å². The van der Waals surface area contributed by atoms with Crippen LogP contribution in [0.4, 0.5) is 0 Å². The molecule has 1 heterocycles. The van der Waals surface area contributed by atoms with E-state index in [4.69, 9.17) is 4.42 Å². The summed E-state index contributed by atoms with van der Waals surface area (Å²) in [6.07, 6.45) is 4.74. The van der Waals surface area contributed by atoms with Crippen LogP contribution in [0, 0.1) is 13.8 Å². The molecule has 21 heavy (non-hydrogen) atoms. The average Bonchev–Trinajstić information content (AvgIpc) is 2.83. The normalized spacial score (nSPS) is 14.0. The molecule has 0 bridgehead atoms. The van der Waals surface area contributed by atoms with Crippen LogP contribution in [0.1, 0.15) is 45.8 Å². The minimum Gasteiger partial charge on any atom is -0.437 e. The summed E-state index contributed by atoms with van der Waals surface area (Å²) in [4.78, 5) is 16.6. The molecule has 0 radical (unpaired) electrons. The Morgan fingerprint density at radius 1 is 1.24 bits per heavy atom. The van der Waals surface area contributed by atoms with E-state index >= 15 is 0 Å². The van der Waals surface area contributed by atoms with Gasteiger partial charge in [-0.05, 0) is 56.7 Å². The number of thioether (sulfide) groups is 1. The van der Waals surface area contributed by atoms with E-state index in [9.17, 15) is 4.79 Å². The van der Waals surface area contributed by atoms with Crippen LogP contribution in [-0.2, 0) is 12.8 Å². The standard InChI is InChI=1S/C17H19NO2S/c1-11-12(2)20-17(18-11)21-10-16(19)15-8-7-13-5-3-4-6-14(13)9-15/h7-9H,3-6,10H2,1-2H3. The molecular weight excluding hydrogens is 282 g/mol. The van der Waals surface area contributed by atoms with Crippen LogP contribution in [-0.4, -0.2) is 16.5 Å². The molecule has 0 fully saturated rings. The first kappa shape index (κ1) is 14.4. The topological polar surface area (TPSA) is 43.1 Å². The Morgan fingerprint density at radius 2 is 2.00 bits per heavy atom. The first-order chi connectivity index (χ1) is 10.1. The molecule has 0 unspecified atom stereocenters. The van der Waals surface area contributed by atoms with Crippen LogP contribution in [0.5, 0.6) is 0 Å². The van der Waals surface area contributed by atoms with Crippen molar-refractivity contribution in [3.05, 3.63) is 46.3 Å². The monoisotopic (exact) mass is 301 g/mol. The second kappa shape index (κ2) is 6.06. The van der Waals surface area contributed by atoms with Gasteiger partial charge in [0.15, 0.2) is 5.78 Å². The second-order valence-corrected chi connectivity index (χ2v) is 6.45. The van der Waals surface area contributed by atoms with Crippen molar-refractivity contribution in [2.45, 2.75) is 44.8 Å². The van der Waals surface area contributed by atoms with Gasteiger partial charge in [0.1, 0.15) is 5.76 Å². The fourth-order valence-corrected chi connectivity index (χ4v) is 3.43. The van der Waals surface area contributed by atoms with Crippen LogP contribution in [0.15, 0.2) is 27.8 Å². The molecule has 0 spiro atoms. The summed E-state index contributed by atoms with van der Waals surface area (Å²) in [5.74, 6) is 1.33. The summed E-state index contributed by atoms with van der Waals surface area (Å²) >= 11 is 1.37.